The Kier molecular flexibility index (Phi) is 8.24. The minimum Gasteiger partial charge on any atom is -0.493 e. The van der Waals surface area contributed by atoms with Gasteiger partial charge in [0.05, 0.1) is 34.5 Å². The van der Waals surface area contributed by atoms with E-state index in [1.165, 1.54) is 6.08 Å². The molecule has 1 aromatic rings. The van der Waals surface area contributed by atoms with Gasteiger partial charge in [-0.25, -0.2) is 0 Å². The van der Waals surface area contributed by atoms with Crippen molar-refractivity contribution in [1.82, 2.24) is 10.2 Å². The molecule has 1 fully saturated rings. The smallest absolute Gasteiger partial charge is 0.244 e. The van der Waals surface area contributed by atoms with E-state index in [1.54, 1.807) is 33.5 Å². The molecule has 0 aliphatic carbocycles. The molecule has 0 radical (unpaired) electrons. The van der Waals surface area contributed by atoms with Crippen molar-refractivity contribution in [3.8, 4) is 17.2 Å². The van der Waals surface area contributed by atoms with Crippen molar-refractivity contribution in [2.24, 2.45) is 0 Å². The second-order valence-electron chi connectivity index (χ2n) is 5.86. The maximum Gasteiger partial charge on any atom is 0.244 e. The van der Waals surface area contributed by atoms with E-state index in [9.17, 15) is 4.79 Å². The Morgan fingerprint density at radius 3 is 2.54 bits per heavy atom. The summed E-state index contributed by atoms with van der Waals surface area (Å²) >= 11 is 0. The normalized spacial score (nSPS) is 15.0. The van der Waals surface area contributed by atoms with E-state index in [-0.39, 0.29) is 5.91 Å². The van der Waals surface area contributed by atoms with Crippen LogP contribution in [-0.2, 0) is 9.53 Å². The molecule has 1 N–H and O–H groups in total. The number of amides is 1. The van der Waals surface area contributed by atoms with Crippen LogP contribution in [0.3, 0.4) is 0 Å². The summed E-state index contributed by atoms with van der Waals surface area (Å²) < 4.78 is 21.3. The predicted octanol–water partition coefficient (Wildman–Crippen LogP) is 1.56. The van der Waals surface area contributed by atoms with Crippen LogP contribution in [0, 0.1) is 0 Å². The zero-order valence-corrected chi connectivity index (χ0v) is 15.7. The number of ether oxygens (including phenoxy) is 4. The average Bonchev–Trinajstić information content (AvgIpc) is 2.69. The number of nitrogens with one attached hydrogen (secondary N) is 1. The maximum absolute atomic E-state index is 12.0. The van der Waals surface area contributed by atoms with E-state index in [0.29, 0.717) is 23.8 Å². The third kappa shape index (κ3) is 5.64. The van der Waals surface area contributed by atoms with Gasteiger partial charge in [0.15, 0.2) is 11.5 Å². The van der Waals surface area contributed by atoms with E-state index in [4.69, 9.17) is 18.9 Å². The van der Waals surface area contributed by atoms with Gasteiger partial charge in [0.25, 0.3) is 0 Å². The molecule has 26 heavy (non-hydrogen) atoms. The number of carbonyl (C=O) groups excluding carboxylic acids is 1. The second kappa shape index (κ2) is 10.7. The van der Waals surface area contributed by atoms with Gasteiger partial charge in [-0.3, -0.25) is 9.69 Å². The summed E-state index contributed by atoms with van der Waals surface area (Å²) in [7, 11) is 4.67. The number of hydrogen-bond acceptors (Lipinski definition) is 6. The summed E-state index contributed by atoms with van der Waals surface area (Å²) in [6, 6.07) is 3.60. The molecule has 144 valence electrons. The van der Waals surface area contributed by atoms with Crippen LogP contribution in [0.5, 0.6) is 17.2 Å². The molecule has 0 bridgehead atoms. The zero-order valence-electron chi connectivity index (χ0n) is 15.7. The van der Waals surface area contributed by atoms with Crippen LogP contribution in [0.1, 0.15) is 12.0 Å². The molecule has 0 spiro atoms. The van der Waals surface area contributed by atoms with Crippen LogP contribution in [0.2, 0.25) is 0 Å². The molecule has 7 heteroatoms. The van der Waals surface area contributed by atoms with E-state index in [2.05, 4.69) is 10.2 Å². The van der Waals surface area contributed by atoms with Gasteiger partial charge >= 0.3 is 0 Å². The Morgan fingerprint density at radius 1 is 1.15 bits per heavy atom. The molecule has 1 aromatic carbocycles. The first-order chi connectivity index (χ1) is 12.7. The molecule has 1 amide bonds. The molecule has 1 aliphatic heterocycles. The fourth-order valence-electron chi connectivity index (χ4n) is 2.82. The van der Waals surface area contributed by atoms with Gasteiger partial charge < -0.3 is 24.3 Å². The topological polar surface area (TPSA) is 69.3 Å². The van der Waals surface area contributed by atoms with E-state index >= 15 is 0 Å². The lowest BCUT2D eigenvalue weighted by molar-refractivity contribution is -0.116. The first kappa shape index (κ1) is 20.1. The van der Waals surface area contributed by atoms with Crippen molar-refractivity contribution in [3.63, 3.8) is 0 Å². The van der Waals surface area contributed by atoms with Crippen molar-refractivity contribution in [2.75, 3.05) is 60.7 Å². The quantitative estimate of drug-likeness (QED) is 0.530. The summed E-state index contributed by atoms with van der Waals surface area (Å²) in [6.07, 6.45) is 4.12. The Labute approximate surface area is 154 Å². The Bertz CT molecular complexity index is 612. The zero-order chi connectivity index (χ0) is 18.8. The number of morpholine rings is 1. The van der Waals surface area contributed by atoms with E-state index < -0.39 is 0 Å². The summed E-state index contributed by atoms with van der Waals surface area (Å²) in [5.41, 5.74) is 0.744. The highest BCUT2D eigenvalue weighted by Crippen LogP contribution is 2.40. The van der Waals surface area contributed by atoms with Crippen LogP contribution < -0.4 is 19.5 Å². The number of hydrogen-bond donors (Lipinski definition) is 1. The van der Waals surface area contributed by atoms with Crippen LogP contribution in [0.15, 0.2) is 18.2 Å². The fraction of sp³-hybridized carbons (Fsp3) is 0.526. The van der Waals surface area contributed by atoms with Crippen molar-refractivity contribution in [1.29, 1.82) is 0 Å². The highest BCUT2D eigenvalue weighted by atomic mass is 16.5. The Hall–Kier alpha value is -2.25. The molecule has 1 aliphatic rings. The maximum atomic E-state index is 12.0. The third-order valence-corrected chi connectivity index (χ3v) is 4.20. The number of nitrogens with zero attached hydrogens (tertiary/aromatic N) is 1. The number of benzene rings is 1. The van der Waals surface area contributed by atoms with Crippen LogP contribution in [-0.4, -0.2) is 71.5 Å². The molecular formula is C19H28N2O5. The summed E-state index contributed by atoms with van der Waals surface area (Å²) in [5, 5.41) is 2.90. The molecule has 0 atom stereocenters. The molecule has 7 nitrogen and oxygen atoms in total. The Morgan fingerprint density at radius 2 is 1.88 bits per heavy atom. The molecule has 0 aromatic heterocycles. The highest BCUT2D eigenvalue weighted by molar-refractivity contribution is 5.92. The van der Waals surface area contributed by atoms with E-state index in [1.807, 2.05) is 6.07 Å². The van der Waals surface area contributed by atoms with Crippen LogP contribution in [0.25, 0.3) is 6.08 Å². The lowest BCUT2D eigenvalue weighted by atomic mass is 10.1. The van der Waals surface area contributed by atoms with Crippen LogP contribution in [0.4, 0.5) is 0 Å². The molecule has 1 saturated heterocycles. The van der Waals surface area contributed by atoms with Gasteiger partial charge in [-0.1, -0.05) is 0 Å². The van der Waals surface area contributed by atoms with E-state index in [0.717, 1.165) is 44.8 Å². The van der Waals surface area contributed by atoms with Gasteiger partial charge in [-0.15, -0.1) is 0 Å². The van der Waals surface area contributed by atoms with Gasteiger partial charge in [0.1, 0.15) is 0 Å². The Balaban J connectivity index is 1.85. The SMILES string of the molecule is COc1ccc(/C=C/C(=O)NCCCN2CCOCC2)c(OC)c1OC. The van der Waals surface area contributed by atoms with Gasteiger partial charge in [-0.05, 0) is 31.2 Å². The number of rotatable bonds is 9. The first-order valence-electron chi connectivity index (χ1n) is 8.74. The lowest BCUT2D eigenvalue weighted by Crippen LogP contribution is -2.38. The summed E-state index contributed by atoms with van der Waals surface area (Å²) in [5.74, 6) is 1.48. The molecule has 0 unspecified atom stereocenters. The number of carbonyl (C=O) groups is 1. The number of methoxy groups -OCH3 is 3. The monoisotopic (exact) mass is 364 g/mol. The second-order valence-corrected chi connectivity index (χ2v) is 5.86. The minimum atomic E-state index is -0.135. The van der Waals surface area contributed by atoms with Gasteiger partial charge in [0, 0.05) is 31.3 Å². The third-order valence-electron chi connectivity index (χ3n) is 4.20. The summed E-state index contributed by atoms with van der Waals surface area (Å²) in [6.45, 7) is 5.13. The highest BCUT2D eigenvalue weighted by Gasteiger charge is 2.14. The molecule has 2 rings (SSSR count). The van der Waals surface area contributed by atoms with Gasteiger partial charge in [0.2, 0.25) is 11.7 Å². The van der Waals surface area contributed by atoms with Gasteiger partial charge in [-0.2, -0.15) is 0 Å². The lowest BCUT2D eigenvalue weighted by Gasteiger charge is -2.26. The fourth-order valence-corrected chi connectivity index (χ4v) is 2.82. The minimum absolute atomic E-state index is 0.135. The molecule has 0 saturated carbocycles. The standard InChI is InChI=1S/C19H28N2O5/c1-23-16-7-5-15(18(24-2)19(16)25-3)6-8-17(22)20-9-4-10-21-11-13-26-14-12-21/h5-8H,4,9-14H2,1-3H3,(H,20,22)/b8-6+. The predicted molar refractivity (Wildman–Crippen MR) is 100 cm³/mol. The molecule has 1 heterocycles. The van der Waals surface area contributed by atoms with Crippen molar-refractivity contribution < 1.29 is 23.7 Å². The summed E-state index contributed by atoms with van der Waals surface area (Å²) in [4.78, 5) is 14.4. The van der Waals surface area contributed by atoms with Crippen LogP contribution >= 0.6 is 0 Å². The van der Waals surface area contributed by atoms with Crippen molar-refractivity contribution in [3.05, 3.63) is 23.8 Å². The first-order valence-corrected chi connectivity index (χ1v) is 8.74. The largest absolute Gasteiger partial charge is 0.493 e. The average molecular weight is 364 g/mol. The molecular weight excluding hydrogens is 336 g/mol. The van der Waals surface area contributed by atoms with Crippen molar-refractivity contribution in [2.45, 2.75) is 6.42 Å². The van der Waals surface area contributed by atoms with Crippen molar-refractivity contribution >= 4 is 12.0 Å².